The van der Waals surface area contributed by atoms with Gasteiger partial charge in [0.05, 0.1) is 29.1 Å². The van der Waals surface area contributed by atoms with Crippen LogP contribution in [0.2, 0.25) is 0 Å². The Morgan fingerprint density at radius 3 is 1.73 bits per heavy atom. The van der Waals surface area contributed by atoms with Gasteiger partial charge < -0.3 is 28.7 Å². The molecule has 0 aliphatic carbocycles. The molecule has 0 aromatic heterocycles. The molecule has 2 fully saturated rings. The van der Waals surface area contributed by atoms with Crippen LogP contribution in [-0.4, -0.2) is 82.2 Å². The van der Waals surface area contributed by atoms with E-state index in [0.29, 0.717) is 8.95 Å². The summed E-state index contributed by atoms with van der Waals surface area (Å²) in [4.78, 5) is 0.0358. The molecule has 0 radical (unpaired) electrons. The molecule has 2 aliphatic heterocycles. The molecule has 2 heterocycles. The second kappa shape index (κ2) is 12.7. The molecular formula is C25H31Br2O11PS2. The van der Waals surface area contributed by atoms with Crippen molar-refractivity contribution in [1.29, 1.82) is 0 Å². The Balaban J connectivity index is 1.43. The van der Waals surface area contributed by atoms with Crippen molar-refractivity contribution in [1.82, 2.24) is 0 Å². The number of aliphatic hydroxyl groups excluding tert-OH is 2. The molecule has 9 atom stereocenters. The largest absolute Gasteiger partial charge is 0.394 e. The monoisotopic (exact) mass is 760 g/mol. The van der Waals surface area contributed by atoms with E-state index in [1.165, 1.54) is 31.2 Å². The average Bonchev–Trinajstić information content (AvgIpc) is 3.39. The normalized spacial score (nSPS) is 32.2. The van der Waals surface area contributed by atoms with E-state index in [4.69, 9.17) is 18.5 Å². The molecule has 2 aliphatic rings. The van der Waals surface area contributed by atoms with Crippen LogP contribution >= 0.6 is 39.5 Å². The first-order valence-corrected chi connectivity index (χ1v) is 19.2. The van der Waals surface area contributed by atoms with Gasteiger partial charge in [0.2, 0.25) is 19.7 Å². The number of halogens is 2. The van der Waals surface area contributed by atoms with Gasteiger partial charge >= 0.3 is 7.60 Å². The zero-order chi connectivity index (χ0) is 30.3. The molecule has 0 saturated carbocycles. The Kier molecular flexibility index (Phi) is 10.3. The predicted octanol–water partition coefficient (Wildman–Crippen LogP) is 3.76. The summed E-state index contributed by atoms with van der Waals surface area (Å²) in [7, 11) is -11.9. The number of hydrogen-bond acceptors (Lipinski definition) is 11. The summed E-state index contributed by atoms with van der Waals surface area (Å²) >= 11 is 6.52. The molecule has 41 heavy (non-hydrogen) atoms. The van der Waals surface area contributed by atoms with Gasteiger partial charge in [-0.3, -0.25) is 4.57 Å². The van der Waals surface area contributed by atoms with E-state index in [-0.39, 0.29) is 9.79 Å². The van der Waals surface area contributed by atoms with E-state index in [1.54, 1.807) is 31.2 Å². The van der Waals surface area contributed by atoms with Crippen LogP contribution < -0.4 is 0 Å². The molecule has 228 valence electrons. The minimum absolute atomic E-state index is 0.0138. The first kappa shape index (κ1) is 33.2. The van der Waals surface area contributed by atoms with E-state index >= 15 is 0 Å². The number of sulfone groups is 2. The topological polar surface area (TPSA) is 163 Å². The highest BCUT2D eigenvalue weighted by Crippen LogP contribution is 2.50. The molecule has 4 rings (SSSR count). The molecule has 0 bridgehead atoms. The second-order valence-corrected chi connectivity index (χ2v) is 18.0. The van der Waals surface area contributed by atoms with Crippen molar-refractivity contribution in [2.24, 2.45) is 11.8 Å². The predicted molar refractivity (Wildman–Crippen MR) is 156 cm³/mol. The lowest BCUT2D eigenvalue weighted by Gasteiger charge is -2.25. The van der Waals surface area contributed by atoms with Crippen LogP contribution in [0.1, 0.15) is 13.8 Å². The first-order valence-electron chi connectivity index (χ1n) is 12.6. The zero-order valence-electron chi connectivity index (χ0n) is 22.2. The number of benzene rings is 2. The van der Waals surface area contributed by atoms with Gasteiger partial charge in [-0.15, -0.1) is 0 Å². The number of rotatable bonds is 10. The first-order chi connectivity index (χ1) is 19.1. The lowest BCUT2D eigenvalue weighted by molar-refractivity contribution is -0.0166. The summed E-state index contributed by atoms with van der Waals surface area (Å²) in [6.07, 6.45) is -4.59. The van der Waals surface area contributed by atoms with Gasteiger partial charge in [-0.1, -0.05) is 45.7 Å². The fourth-order valence-electron chi connectivity index (χ4n) is 4.88. The fraction of sp³-hybridized carbons (Fsp3) is 0.520. The fourth-order valence-corrected chi connectivity index (χ4v) is 10.2. The number of aliphatic hydroxyl groups is 2. The van der Waals surface area contributed by atoms with Crippen molar-refractivity contribution >= 4 is 59.1 Å². The molecule has 2 saturated heterocycles. The summed E-state index contributed by atoms with van der Waals surface area (Å²) in [6.45, 7) is 3.18. The Hall–Kier alpha value is -0.710. The standard InChI is InChI=1S/C25H31Br2O11PS2/c1-14-22(29)21(37-24(14)40(31,32)18-8-4-16(26)5-9-18)13-35-39(3,30)38-23-15(2)25(36-20(23)12-28)41(33,34)19-10-6-17(27)7-11-19/h4-11,14-15,20-25,28-29H,12-13H2,1-3H3/t14-,15-,20+,21+,22?,23?,24-,25-,39?/m0/s1. The maximum atomic E-state index is 13.3. The van der Waals surface area contributed by atoms with Crippen molar-refractivity contribution in [2.75, 3.05) is 19.9 Å². The number of ether oxygens (including phenoxy) is 2. The van der Waals surface area contributed by atoms with Gasteiger partial charge in [0.15, 0.2) is 10.9 Å². The van der Waals surface area contributed by atoms with Crippen molar-refractivity contribution in [3.05, 3.63) is 57.5 Å². The average molecular weight is 762 g/mol. The highest BCUT2D eigenvalue weighted by Gasteiger charge is 2.52. The summed E-state index contributed by atoms with van der Waals surface area (Å²) < 4.78 is 90.1. The van der Waals surface area contributed by atoms with Crippen LogP contribution in [0.4, 0.5) is 0 Å². The maximum absolute atomic E-state index is 13.3. The van der Waals surface area contributed by atoms with E-state index in [9.17, 15) is 31.6 Å². The van der Waals surface area contributed by atoms with Gasteiger partial charge in [-0.25, -0.2) is 16.8 Å². The van der Waals surface area contributed by atoms with Crippen LogP contribution in [0.3, 0.4) is 0 Å². The summed E-state index contributed by atoms with van der Waals surface area (Å²) in [5, 5.41) is 20.6. The quantitative estimate of drug-likeness (QED) is 0.339. The van der Waals surface area contributed by atoms with Crippen LogP contribution in [0.25, 0.3) is 0 Å². The molecule has 0 spiro atoms. The lowest BCUT2D eigenvalue weighted by Crippen LogP contribution is -2.33. The third kappa shape index (κ3) is 7.01. The van der Waals surface area contributed by atoms with Gasteiger partial charge in [0, 0.05) is 27.4 Å². The van der Waals surface area contributed by atoms with Crippen LogP contribution in [-0.2, 0) is 42.8 Å². The van der Waals surface area contributed by atoms with Crippen LogP contribution in [0, 0.1) is 11.8 Å². The smallest absolute Gasteiger partial charge is 0.328 e. The van der Waals surface area contributed by atoms with Crippen LogP contribution in [0.15, 0.2) is 67.3 Å². The molecular weight excluding hydrogens is 731 g/mol. The minimum atomic E-state index is -4.00. The highest BCUT2D eigenvalue weighted by molar-refractivity contribution is 9.10. The molecule has 16 heteroatoms. The van der Waals surface area contributed by atoms with Crippen molar-refractivity contribution < 1.29 is 50.1 Å². The minimum Gasteiger partial charge on any atom is -0.394 e. The van der Waals surface area contributed by atoms with Gasteiger partial charge in [0.25, 0.3) is 0 Å². The van der Waals surface area contributed by atoms with E-state index in [1.807, 2.05) is 0 Å². The maximum Gasteiger partial charge on any atom is 0.328 e. The van der Waals surface area contributed by atoms with Gasteiger partial charge in [-0.2, -0.15) is 0 Å². The summed E-state index contributed by atoms with van der Waals surface area (Å²) in [5.41, 5.74) is -2.74. The van der Waals surface area contributed by atoms with E-state index < -0.39 is 87.6 Å². The summed E-state index contributed by atoms with van der Waals surface area (Å²) in [6, 6.07) is 12.0. The van der Waals surface area contributed by atoms with Crippen molar-refractivity contribution in [3.63, 3.8) is 0 Å². The van der Waals surface area contributed by atoms with Crippen LogP contribution in [0.5, 0.6) is 0 Å². The molecule has 2 aromatic carbocycles. The third-order valence-corrected chi connectivity index (χ3v) is 13.6. The third-order valence-electron chi connectivity index (χ3n) is 7.14. The lowest BCUT2D eigenvalue weighted by atomic mass is 10.1. The second-order valence-electron chi connectivity index (χ2n) is 10.1. The molecule has 3 unspecified atom stereocenters. The van der Waals surface area contributed by atoms with Crippen molar-refractivity contribution in [2.45, 2.75) is 58.9 Å². The van der Waals surface area contributed by atoms with Gasteiger partial charge in [0.1, 0.15) is 18.3 Å². The Labute approximate surface area is 256 Å². The molecule has 2 aromatic rings. The highest BCUT2D eigenvalue weighted by atomic mass is 79.9. The number of hydrogen-bond donors (Lipinski definition) is 2. The Morgan fingerprint density at radius 2 is 1.27 bits per heavy atom. The Bertz CT molecular complexity index is 1490. The van der Waals surface area contributed by atoms with Gasteiger partial charge in [-0.05, 0) is 48.5 Å². The molecule has 11 nitrogen and oxygen atoms in total. The summed E-state index contributed by atoms with van der Waals surface area (Å²) in [5.74, 6) is -1.66. The Morgan fingerprint density at radius 1 is 0.829 bits per heavy atom. The molecule has 2 N–H and O–H groups in total. The van der Waals surface area contributed by atoms with E-state index in [2.05, 4.69) is 31.9 Å². The van der Waals surface area contributed by atoms with Crippen molar-refractivity contribution in [3.8, 4) is 0 Å². The van der Waals surface area contributed by atoms with E-state index in [0.717, 1.165) is 6.66 Å². The SMILES string of the molecule is C[C@H]1C(O)[C@@H](COP(C)(=O)OC2[C@@H](CO)O[C@@H](S(=O)(=O)c3ccc(Br)cc3)[C@H]2C)O[C@H]1S(=O)(=O)c1ccc(Br)cc1. The zero-order valence-corrected chi connectivity index (χ0v) is 27.9. The molecule has 0 amide bonds.